The second kappa shape index (κ2) is 17.1. The molecule has 3 aromatic heterocycles. The number of nitriles is 3. The van der Waals surface area contributed by atoms with Crippen molar-refractivity contribution >= 4 is 116 Å². The normalized spacial score (nSPS) is 11.5. The van der Waals surface area contributed by atoms with Gasteiger partial charge in [-0.25, -0.2) is 10.1 Å². The van der Waals surface area contributed by atoms with E-state index in [0.717, 1.165) is 131 Å². The molecular formula is C66H33N9. The Morgan fingerprint density at radius 3 is 1.00 bits per heavy atom. The molecule has 0 fully saturated rings. The summed E-state index contributed by atoms with van der Waals surface area (Å²) in [6.07, 6.45) is 4.96. The minimum Gasteiger partial charge on any atom is -0.308 e. The Morgan fingerprint density at radius 2 is 0.667 bits per heavy atom. The van der Waals surface area contributed by atoms with Crippen molar-refractivity contribution in [2.24, 2.45) is 0 Å². The lowest BCUT2D eigenvalue weighted by Crippen LogP contribution is -2.00. The number of aromatic nitrogens is 3. The smallest absolute Gasteiger partial charge is 0.308 e. The predicted octanol–water partition coefficient (Wildman–Crippen LogP) is 16.8. The van der Waals surface area contributed by atoms with Crippen LogP contribution in [0.4, 0.5) is 0 Å². The molecule has 9 heteroatoms. The highest BCUT2D eigenvalue weighted by Gasteiger charge is 2.30. The molecule has 0 aliphatic carbocycles. The summed E-state index contributed by atoms with van der Waals surface area (Å²) < 4.78 is 7.17. The molecule has 0 atom stereocenters. The van der Waals surface area contributed by atoms with Gasteiger partial charge in [0.25, 0.3) is 5.70 Å². The minimum atomic E-state index is -0.0184. The van der Waals surface area contributed by atoms with Gasteiger partial charge in [0.15, 0.2) is 0 Å². The van der Waals surface area contributed by atoms with Gasteiger partial charge in [-0.2, -0.15) is 20.2 Å². The van der Waals surface area contributed by atoms with E-state index in [0.29, 0.717) is 0 Å². The Balaban J connectivity index is 1.31. The summed E-state index contributed by atoms with van der Waals surface area (Å²) in [7, 11) is 0. The van der Waals surface area contributed by atoms with Gasteiger partial charge in [-0.1, -0.05) is 146 Å². The van der Waals surface area contributed by atoms with Crippen LogP contribution in [0.1, 0.15) is 16.7 Å². The molecule has 3 heterocycles. The number of hydrogen-bond donors (Lipinski definition) is 0. The molecule has 0 amide bonds. The van der Waals surface area contributed by atoms with Gasteiger partial charge in [0.05, 0.1) is 62.8 Å². The molecule has 13 aromatic rings. The standard InChI is InChI=1S/C66H33N9/c1-70-44(39-69)35-42-29-32-58(49-20-8-5-17-46(42)49)74-55-26-14-11-23-52(55)61-64-62(51-22-10-13-25-54(51)73(64)57-31-28-41(34-40(37-67)38-68)45-16-4-7-19-48(45)57)66-63(65(61)74)53-24-12-15-27-56(53)75(66)59-33-30-43(36-60(71-2)72-3)47-18-6-9-21-50(47)59/h4-36H/b44-35+. The highest BCUT2D eigenvalue weighted by atomic mass is 15.1. The molecule has 0 spiro atoms. The molecule has 0 aliphatic heterocycles. The monoisotopic (exact) mass is 951 g/mol. The number of fused-ring (bicyclic) bond motifs is 15. The van der Waals surface area contributed by atoms with Gasteiger partial charge in [-0.15, -0.1) is 0 Å². The zero-order chi connectivity index (χ0) is 50.9. The zero-order valence-corrected chi connectivity index (χ0v) is 39.6. The van der Waals surface area contributed by atoms with Crippen LogP contribution in [0.25, 0.3) is 148 Å². The van der Waals surface area contributed by atoms with Gasteiger partial charge in [-0.05, 0) is 81.4 Å². The first-order valence-electron chi connectivity index (χ1n) is 24.0. The van der Waals surface area contributed by atoms with Crippen LogP contribution >= 0.6 is 0 Å². The van der Waals surface area contributed by atoms with Gasteiger partial charge in [-0.3, -0.25) is 0 Å². The fourth-order valence-electron chi connectivity index (χ4n) is 11.5. The number of rotatable bonds is 6. The second-order valence-electron chi connectivity index (χ2n) is 18.1. The first-order valence-corrected chi connectivity index (χ1v) is 24.0. The van der Waals surface area contributed by atoms with Crippen LogP contribution in [0.3, 0.4) is 0 Å². The van der Waals surface area contributed by atoms with Gasteiger partial charge in [0, 0.05) is 54.6 Å². The number of benzene rings is 10. The van der Waals surface area contributed by atoms with Crippen LogP contribution in [-0.2, 0) is 0 Å². The van der Waals surface area contributed by atoms with E-state index in [2.05, 4.69) is 144 Å². The fraction of sp³-hybridized carbons (Fsp3) is 0. The van der Waals surface area contributed by atoms with Gasteiger partial charge < -0.3 is 13.7 Å². The van der Waals surface area contributed by atoms with Crippen LogP contribution in [0.5, 0.6) is 0 Å². The Kier molecular flexibility index (Phi) is 9.96. The van der Waals surface area contributed by atoms with E-state index in [1.165, 1.54) is 0 Å². The molecule has 0 saturated carbocycles. The van der Waals surface area contributed by atoms with Crippen molar-refractivity contribution in [2.45, 2.75) is 0 Å². The molecule has 0 bridgehead atoms. The van der Waals surface area contributed by atoms with E-state index in [9.17, 15) is 15.8 Å². The zero-order valence-electron chi connectivity index (χ0n) is 39.6. The lowest BCUT2D eigenvalue weighted by molar-refractivity contribution is 1.19. The SMILES string of the molecule is [C-]#[N+]C(=Cc1ccc(-n2c3ccccc3c3c2c2c4ccccc4n(-c4ccc(C=C(C#N)C#N)c5ccccc45)c2c2c4ccccc4n(-c4ccc(/C=C(\C#N)[N+]#[C-])c5ccccc45)c23)c2ccccc12)[N+]#[C-]. The van der Waals surface area contributed by atoms with Gasteiger partial charge in [0.2, 0.25) is 0 Å². The summed E-state index contributed by atoms with van der Waals surface area (Å²) >= 11 is 0. The van der Waals surface area contributed by atoms with Crippen molar-refractivity contribution in [1.82, 2.24) is 13.7 Å². The van der Waals surface area contributed by atoms with E-state index in [4.69, 9.17) is 19.7 Å². The molecule has 342 valence electrons. The molecule has 0 aliphatic rings. The van der Waals surface area contributed by atoms with Crippen molar-refractivity contribution in [3.05, 3.63) is 250 Å². The Labute approximate surface area is 428 Å². The molecule has 0 unspecified atom stereocenters. The van der Waals surface area contributed by atoms with Gasteiger partial charge in [0.1, 0.15) is 30.9 Å². The average Bonchev–Trinajstić information content (AvgIpc) is 4.33. The number of para-hydroxylation sites is 3. The van der Waals surface area contributed by atoms with E-state index in [1.54, 1.807) is 18.2 Å². The third-order valence-electron chi connectivity index (χ3n) is 14.4. The Hall–Kier alpha value is -11.5. The largest absolute Gasteiger partial charge is 0.519 e. The molecular weight excluding hydrogens is 919 g/mol. The summed E-state index contributed by atoms with van der Waals surface area (Å²) in [6, 6.07) is 68.5. The molecule has 10 aromatic carbocycles. The number of hydrogen-bond acceptors (Lipinski definition) is 3. The summed E-state index contributed by atoms with van der Waals surface area (Å²) in [5.41, 5.74) is 10.9. The van der Waals surface area contributed by atoms with Crippen LogP contribution < -0.4 is 0 Å². The van der Waals surface area contributed by atoms with E-state index in [1.807, 2.05) is 84.9 Å². The quantitative estimate of drug-likeness (QED) is 0.123. The first-order chi connectivity index (χ1) is 37.0. The van der Waals surface area contributed by atoms with Crippen molar-refractivity contribution in [3.63, 3.8) is 0 Å². The third kappa shape index (κ3) is 6.38. The third-order valence-corrected chi connectivity index (χ3v) is 14.4. The van der Waals surface area contributed by atoms with E-state index in [-0.39, 0.29) is 17.1 Å². The van der Waals surface area contributed by atoms with Crippen molar-refractivity contribution < 1.29 is 0 Å². The van der Waals surface area contributed by atoms with Crippen molar-refractivity contribution in [3.8, 4) is 35.3 Å². The molecule has 0 radical (unpaired) electrons. The summed E-state index contributed by atoms with van der Waals surface area (Å²) in [6.45, 7) is 23.2. The maximum absolute atomic E-state index is 9.88. The fourth-order valence-corrected chi connectivity index (χ4v) is 11.5. The highest BCUT2D eigenvalue weighted by molar-refractivity contribution is 6.41. The van der Waals surface area contributed by atoms with Crippen LogP contribution in [0.15, 0.2) is 199 Å². The van der Waals surface area contributed by atoms with Crippen LogP contribution in [0.2, 0.25) is 0 Å². The topological polar surface area (TPSA) is 99.2 Å². The summed E-state index contributed by atoms with van der Waals surface area (Å²) in [4.78, 5) is 10.5. The lowest BCUT2D eigenvalue weighted by atomic mass is 9.99. The molecule has 9 nitrogen and oxygen atoms in total. The maximum Gasteiger partial charge on any atom is 0.519 e. The summed E-state index contributed by atoms with van der Waals surface area (Å²) in [5.74, 6) is -0.0184. The Morgan fingerprint density at radius 1 is 0.347 bits per heavy atom. The summed E-state index contributed by atoms with van der Waals surface area (Å²) in [5, 5.41) is 41.3. The van der Waals surface area contributed by atoms with Crippen molar-refractivity contribution in [2.75, 3.05) is 0 Å². The number of nitrogens with zero attached hydrogens (tertiary/aromatic N) is 9. The van der Waals surface area contributed by atoms with Crippen LogP contribution in [0, 0.1) is 53.7 Å². The highest BCUT2D eigenvalue weighted by Crippen LogP contribution is 2.52. The number of allylic oxidation sites excluding steroid dienone is 2. The average molecular weight is 952 g/mol. The maximum atomic E-state index is 9.88. The molecule has 75 heavy (non-hydrogen) atoms. The molecule has 0 saturated heterocycles. The lowest BCUT2D eigenvalue weighted by Gasteiger charge is -2.17. The second-order valence-corrected chi connectivity index (χ2v) is 18.1. The van der Waals surface area contributed by atoms with E-state index < -0.39 is 0 Å². The predicted molar refractivity (Wildman–Crippen MR) is 303 cm³/mol. The first kappa shape index (κ1) is 43.6. The Bertz CT molecular complexity index is 4500. The van der Waals surface area contributed by atoms with Crippen LogP contribution in [-0.4, -0.2) is 13.7 Å². The molecule has 0 N–H and O–H groups in total. The van der Waals surface area contributed by atoms with E-state index >= 15 is 0 Å². The minimum absolute atomic E-state index is 0.00329. The van der Waals surface area contributed by atoms with Crippen molar-refractivity contribution in [1.29, 1.82) is 15.8 Å². The molecule has 13 rings (SSSR count). The van der Waals surface area contributed by atoms with Gasteiger partial charge >= 0.3 is 5.82 Å².